The van der Waals surface area contributed by atoms with E-state index in [0.29, 0.717) is 11.6 Å². The van der Waals surface area contributed by atoms with Crippen LogP contribution in [0.15, 0.2) is 48.8 Å². The monoisotopic (exact) mass is 656 g/mol. The van der Waals surface area contributed by atoms with Crippen LogP contribution in [-0.2, 0) is 11.2 Å². The van der Waals surface area contributed by atoms with Crippen LogP contribution in [0, 0.1) is 0 Å². The van der Waals surface area contributed by atoms with Crippen LogP contribution < -0.4 is 38.6 Å². The van der Waals surface area contributed by atoms with Crippen molar-refractivity contribution in [1.82, 2.24) is 5.32 Å². The highest BCUT2D eigenvalue weighted by Gasteiger charge is 2.19. The number of pyridine rings is 1. The molecule has 1 aromatic carbocycles. The summed E-state index contributed by atoms with van der Waals surface area (Å²) >= 11 is 6.47. The van der Waals surface area contributed by atoms with Crippen molar-refractivity contribution in [1.29, 1.82) is 0 Å². The van der Waals surface area contributed by atoms with Crippen LogP contribution in [0.2, 0.25) is 5.02 Å². The van der Waals surface area contributed by atoms with Gasteiger partial charge in [-0.05, 0) is 24.1 Å². The second-order valence-corrected chi connectivity index (χ2v) is 10.6. The molecule has 0 fully saturated rings. The molecule has 38 heavy (non-hydrogen) atoms. The zero-order chi connectivity index (χ0) is 26.6. The Morgan fingerprint density at radius 2 is 1.39 bits per heavy atom. The first kappa shape index (κ1) is 34.7. The molecule has 1 aromatic heterocycles. The lowest BCUT2D eigenvalue weighted by molar-refractivity contribution is -0.727. The number of nitrogens with one attached hydrogen (secondary N) is 1. The van der Waals surface area contributed by atoms with Gasteiger partial charge in [0, 0.05) is 23.6 Å². The van der Waals surface area contributed by atoms with Crippen molar-refractivity contribution in [2.24, 2.45) is 0 Å². The molecule has 4 nitrogen and oxygen atoms in total. The van der Waals surface area contributed by atoms with E-state index in [1.165, 1.54) is 83.5 Å². The molecular formula is C32H50ClIN2O2. The van der Waals surface area contributed by atoms with E-state index in [9.17, 15) is 4.79 Å². The Morgan fingerprint density at radius 3 is 1.92 bits per heavy atom. The first-order valence-corrected chi connectivity index (χ1v) is 15.2. The number of carbonyl (C=O) groups is 1. The highest BCUT2D eigenvalue weighted by Crippen LogP contribution is 2.23. The third-order valence-corrected chi connectivity index (χ3v) is 7.31. The minimum atomic E-state index is -0.0693. The van der Waals surface area contributed by atoms with E-state index in [1.807, 2.05) is 53.4 Å². The van der Waals surface area contributed by atoms with Crippen molar-refractivity contribution in [2.75, 3.05) is 6.61 Å². The number of rotatable bonds is 21. The van der Waals surface area contributed by atoms with Gasteiger partial charge in [0.05, 0.1) is 13.0 Å². The second kappa shape index (κ2) is 22.5. The predicted octanol–water partition coefficient (Wildman–Crippen LogP) is 5.76. The number of ether oxygens (including phenoxy) is 1. The van der Waals surface area contributed by atoms with Crippen molar-refractivity contribution in [3.63, 3.8) is 0 Å². The molecule has 0 aliphatic rings. The fourth-order valence-corrected chi connectivity index (χ4v) is 4.90. The van der Waals surface area contributed by atoms with Crippen LogP contribution in [0.1, 0.15) is 122 Å². The van der Waals surface area contributed by atoms with Gasteiger partial charge < -0.3 is 28.7 Å². The quantitative estimate of drug-likeness (QED) is 0.106. The normalized spacial score (nSPS) is 11.6. The molecule has 1 N–H and O–H groups in total. The van der Waals surface area contributed by atoms with Crippen LogP contribution >= 0.6 is 11.6 Å². The third-order valence-electron chi connectivity index (χ3n) is 6.95. The molecule has 214 valence electrons. The lowest BCUT2D eigenvalue weighted by atomic mass is 10.0. The number of nitrogens with zero attached hydrogens (tertiary/aromatic N) is 1. The van der Waals surface area contributed by atoms with Gasteiger partial charge in [-0.3, -0.25) is 10.1 Å². The van der Waals surface area contributed by atoms with Crippen LogP contribution in [0.5, 0.6) is 5.75 Å². The van der Waals surface area contributed by atoms with Crippen molar-refractivity contribution in [3.05, 3.63) is 59.4 Å². The molecule has 1 atom stereocenters. The number of benzene rings is 1. The fraction of sp³-hybridized carbons (Fsp3) is 0.625. The molecule has 1 unspecified atom stereocenters. The summed E-state index contributed by atoms with van der Waals surface area (Å²) in [5, 5.41) is 3.67. The average molecular weight is 657 g/mol. The van der Waals surface area contributed by atoms with Crippen molar-refractivity contribution in [2.45, 2.75) is 123 Å². The van der Waals surface area contributed by atoms with E-state index in [4.69, 9.17) is 16.3 Å². The minimum Gasteiger partial charge on any atom is -1.00 e. The number of hydrogen-bond acceptors (Lipinski definition) is 2. The van der Waals surface area contributed by atoms with Gasteiger partial charge in [0.2, 0.25) is 12.1 Å². The largest absolute Gasteiger partial charge is 1.00 e. The van der Waals surface area contributed by atoms with Crippen LogP contribution in [-0.4, -0.2) is 12.5 Å². The van der Waals surface area contributed by atoms with Gasteiger partial charge in [-0.1, -0.05) is 121 Å². The van der Waals surface area contributed by atoms with E-state index >= 15 is 0 Å². The van der Waals surface area contributed by atoms with E-state index in [-0.39, 0.29) is 42.5 Å². The maximum atomic E-state index is 12.6. The first-order valence-electron chi connectivity index (χ1n) is 14.8. The van der Waals surface area contributed by atoms with Gasteiger partial charge in [0.15, 0.2) is 12.4 Å². The van der Waals surface area contributed by atoms with Gasteiger partial charge in [-0.25, -0.2) is 0 Å². The summed E-state index contributed by atoms with van der Waals surface area (Å²) in [6, 6.07) is 11.5. The molecule has 1 amide bonds. The minimum absolute atomic E-state index is 0. The van der Waals surface area contributed by atoms with Gasteiger partial charge in [0.1, 0.15) is 5.75 Å². The second-order valence-electron chi connectivity index (χ2n) is 10.2. The summed E-state index contributed by atoms with van der Waals surface area (Å²) in [6.07, 6.45) is 23.8. The molecule has 0 bridgehead atoms. The summed E-state index contributed by atoms with van der Waals surface area (Å²) in [5.74, 6) is 0.733. The Bertz CT molecular complexity index is 866. The number of amides is 1. The molecule has 2 aromatic rings. The van der Waals surface area contributed by atoms with E-state index in [2.05, 4.69) is 19.2 Å². The Kier molecular flexibility index (Phi) is 20.5. The van der Waals surface area contributed by atoms with E-state index in [1.54, 1.807) is 0 Å². The molecule has 6 heteroatoms. The zero-order valence-corrected chi connectivity index (χ0v) is 26.7. The Labute approximate surface area is 254 Å². The summed E-state index contributed by atoms with van der Waals surface area (Å²) < 4.78 is 7.91. The smallest absolute Gasteiger partial charge is 0.233 e. The number of carbonyl (C=O) groups excluding carboxylic acids is 1. The molecular weight excluding hydrogens is 607 g/mol. The Hall–Kier alpha value is -1.34. The van der Waals surface area contributed by atoms with Crippen LogP contribution in [0.4, 0.5) is 0 Å². The summed E-state index contributed by atoms with van der Waals surface area (Å²) in [6.45, 7) is 5.05. The van der Waals surface area contributed by atoms with Crippen molar-refractivity contribution in [3.8, 4) is 5.75 Å². The van der Waals surface area contributed by atoms with Gasteiger partial charge in [-0.15, -0.1) is 0 Å². The fourth-order valence-electron chi connectivity index (χ4n) is 4.66. The van der Waals surface area contributed by atoms with Gasteiger partial charge in [-0.2, -0.15) is 4.57 Å². The van der Waals surface area contributed by atoms with Crippen molar-refractivity contribution >= 4 is 17.5 Å². The number of hydrogen-bond donors (Lipinski definition) is 1. The Balaban J connectivity index is 0.00000722. The summed E-state index contributed by atoms with van der Waals surface area (Å²) in [4.78, 5) is 12.6. The molecule has 0 saturated heterocycles. The summed E-state index contributed by atoms with van der Waals surface area (Å²) in [5.41, 5.74) is 0.816. The zero-order valence-electron chi connectivity index (χ0n) is 23.7. The average Bonchev–Trinajstić information content (AvgIpc) is 2.91. The van der Waals surface area contributed by atoms with Gasteiger partial charge in [0.25, 0.3) is 0 Å². The number of unbranched alkanes of at least 4 members (excludes halogenated alkanes) is 13. The Morgan fingerprint density at radius 1 is 0.842 bits per heavy atom. The molecule has 0 radical (unpaired) electrons. The highest BCUT2D eigenvalue weighted by atomic mass is 127. The lowest BCUT2D eigenvalue weighted by Gasteiger charge is -2.13. The molecule has 1 heterocycles. The SMILES string of the molecule is CCCCCCCCCCCCCCCCOc1ccc(CC(=O)NC(CC)[n+]2ccccc2)c(Cl)c1.[I-]. The number of aromatic nitrogens is 1. The molecule has 0 saturated carbocycles. The predicted molar refractivity (Wildman–Crippen MR) is 155 cm³/mol. The lowest BCUT2D eigenvalue weighted by Crippen LogP contribution is -3.00. The first-order chi connectivity index (χ1) is 18.1. The summed E-state index contributed by atoms with van der Waals surface area (Å²) in [7, 11) is 0. The van der Waals surface area contributed by atoms with Crippen LogP contribution in [0.3, 0.4) is 0 Å². The molecule has 0 aliphatic carbocycles. The maximum Gasteiger partial charge on any atom is 0.233 e. The maximum absolute atomic E-state index is 12.6. The van der Waals surface area contributed by atoms with Crippen molar-refractivity contribution < 1.29 is 38.1 Å². The van der Waals surface area contributed by atoms with E-state index < -0.39 is 0 Å². The molecule has 2 rings (SSSR count). The standard InChI is InChI=1S/C32H49ClN2O2.HI/c1-3-5-6-7-8-9-10-11-12-13-14-15-16-20-25-37-29-22-21-28(30(33)27-29)26-32(36)34-31(4-2)35-23-18-17-19-24-35;/h17-19,21-24,27,31H,3-16,20,25-26H2,1-2H3;1H. The number of halogens is 2. The topological polar surface area (TPSA) is 42.2 Å². The van der Waals surface area contributed by atoms with Crippen LogP contribution in [0.25, 0.3) is 0 Å². The van der Waals surface area contributed by atoms with E-state index in [0.717, 1.165) is 24.2 Å². The van der Waals surface area contributed by atoms with Gasteiger partial charge >= 0.3 is 0 Å². The third kappa shape index (κ3) is 15.3. The highest BCUT2D eigenvalue weighted by molar-refractivity contribution is 6.31. The molecule has 0 aliphatic heterocycles. The molecule has 0 spiro atoms.